The van der Waals surface area contributed by atoms with Gasteiger partial charge in [0.15, 0.2) is 6.61 Å². The highest BCUT2D eigenvalue weighted by Crippen LogP contribution is 2.31. The summed E-state index contributed by atoms with van der Waals surface area (Å²) in [6, 6.07) is -0.0454. The van der Waals surface area contributed by atoms with Gasteiger partial charge in [-0.15, -0.1) is 0 Å². The van der Waals surface area contributed by atoms with E-state index in [0.717, 1.165) is 68.7 Å². The van der Waals surface area contributed by atoms with Crippen LogP contribution in [0.1, 0.15) is 55.5 Å². The largest absolute Gasteiger partial charge is 0.460 e. The van der Waals surface area contributed by atoms with Crippen molar-refractivity contribution < 1.29 is 35.9 Å². The highest BCUT2D eigenvalue weighted by atomic mass is 32.1. The lowest BCUT2D eigenvalue weighted by atomic mass is 9.84. The number of carbonyl (C=O) groups is 1. The summed E-state index contributed by atoms with van der Waals surface area (Å²) < 4.78 is 78.4. The number of hydrogen-bond acceptors (Lipinski definition) is 5. The van der Waals surface area contributed by atoms with E-state index in [1.807, 2.05) is 0 Å². The van der Waals surface area contributed by atoms with Crippen LogP contribution in [-0.4, -0.2) is 60.4 Å². The Balaban J connectivity index is 1.33. The van der Waals surface area contributed by atoms with Gasteiger partial charge >= 0.3 is 12.4 Å². The highest BCUT2D eigenvalue weighted by molar-refractivity contribution is 7.13. The zero-order chi connectivity index (χ0) is 24.1. The summed E-state index contributed by atoms with van der Waals surface area (Å²) in [7, 11) is 0. The summed E-state index contributed by atoms with van der Waals surface area (Å²) in [6.07, 6.45) is -4.44. The Bertz CT molecular complexity index is 750. The monoisotopic (exact) mass is 501 g/mol. The number of halogens is 6. The molecule has 1 aromatic rings. The van der Waals surface area contributed by atoms with Crippen molar-refractivity contribution in [2.24, 2.45) is 5.92 Å². The molecule has 1 saturated carbocycles. The van der Waals surface area contributed by atoms with E-state index in [1.165, 1.54) is 11.3 Å². The maximum absolute atomic E-state index is 12.3. The predicted molar refractivity (Wildman–Crippen MR) is 111 cm³/mol. The molecule has 188 valence electrons. The first-order valence-electron chi connectivity index (χ1n) is 11.2. The van der Waals surface area contributed by atoms with Crippen molar-refractivity contribution in [3.8, 4) is 5.19 Å². The first-order chi connectivity index (χ1) is 15.5. The van der Waals surface area contributed by atoms with Gasteiger partial charge < -0.3 is 15.0 Å². The summed E-state index contributed by atoms with van der Waals surface area (Å²) >= 11 is 1.19. The van der Waals surface area contributed by atoms with Gasteiger partial charge in [-0.1, -0.05) is 11.3 Å². The molecule has 0 unspecified atom stereocenters. The van der Waals surface area contributed by atoms with Gasteiger partial charge in [0, 0.05) is 36.9 Å². The number of aromatic nitrogens is 1. The van der Waals surface area contributed by atoms with Gasteiger partial charge in [-0.25, -0.2) is 4.98 Å². The van der Waals surface area contributed by atoms with E-state index in [2.05, 4.69) is 15.2 Å². The van der Waals surface area contributed by atoms with Gasteiger partial charge in [-0.05, 0) is 51.0 Å². The van der Waals surface area contributed by atoms with Crippen molar-refractivity contribution in [1.29, 1.82) is 0 Å². The molecule has 1 amide bonds. The molecule has 5 nitrogen and oxygen atoms in total. The predicted octanol–water partition coefficient (Wildman–Crippen LogP) is 4.89. The number of nitrogens with zero attached hydrogens (tertiary/aromatic N) is 2. The molecule has 0 bridgehead atoms. The Labute approximate surface area is 192 Å². The minimum Gasteiger partial charge on any atom is -0.460 e. The van der Waals surface area contributed by atoms with Gasteiger partial charge in [-0.2, -0.15) is 26.3 Å². The fraction of sp³-hybridized carbons (Fsp3) is 0.810. The van der Waals surface area contributed by atoms with Crippen molar-refractivity contribution in [1.82, 2.24) is 15.2 Å². The third-order valence-electron chi connectivity index (χ3n) is 6.14. The van der Waals surface area contributed by atoms with Crippen LogP contribution in [0, 0.1) is 5.92 Å². The van der Waals surface area contributed by atoms with Crippen LogP contribution in [0.4, 0.5) is 26.3 Å². The van der Waals surface area contributed by atoms with E-state index in [4.69, 9.17) is 4.74 Å². The van der Waals surface area contributed by atoms with Crippen LogP contribution in [0.2, 0.25) is 0 Å². The third-order valence-corrected chi connectivity index (χ3v) is 7.21. The molecule has 1 aliphatic heterocycles. The quantitative estimate of drug-likeness (QED) is 0.516. The number of ether oxygens (including phenoxy) is 1. The van der Waals surface area contributed by atoms with Gasteiger partial charge in [0.2, 0.25) is 5.91 Å². The number of thiazole rings is 1. The lowest BCUT2D eigenvalue weighted by Crippen LogP contribution is -2.38. The second-order valence-electron chi connectivity index (χ2n) is 8.78. The Morgan fingerprint density at radius 2 is 1.76 bits per heavy atom. The smallest absolute Gasteiger partial charge is 0.422 e. The molecule has 2 heterocycles. The van der Waals surface area contributed by atoms with E-state index in [9.17, 15) is 31.1 Å². The molecule has 0 spiro atoms. The lowest BCUT2D eigenvalue weighted by Gasteiger charge is -2.30. The first kappa shape index (κ1) is 26.1. The Morgan fingerprint density at radius 3 is 2.42 bits per heavy atom. The number of alkyl halides is 6. The molecular formula is C21H29F6N3O2S. The number of nitrogens with one attached hydrogen (secondary N) is 1. The van der Waals surface area contributed by atoms with E-state index in [0.29, 0.717) is 12.3 Å². The van der Waals surface area contributed by atoms with Crippen LogP contribution >= 0.6 is 11.3 Å². The molecular weight excluding hydrogens is 472 g/mol. The molecule has 1 fully saturated rings. The molecule has 3 rings (SSSR count). The zero-order valence-electron chi connectivity index (χ0n) is 18.2. The summed E-state index contributed by atoms with van der Waals surface area (Å²) in [5, 5.41) is 2.80. The fourth-order valence-electron chi connectivity index (χ4n) is 4.33. The molecule has 0 atom stereocenters. The molecule has 0 saturated heterocycles. The average Bonchev–Trinajstić information content (AvgIpc) is 3.03. The van der Waals surface area contributed by atoms with Gasteiger partial charge in [0.05, 0.1) is 12.1 Å². The lowest BCUT2D eigenvalue weighted by molar-refractivity contribution is -0.153. The van der Waals surface area contributed by atoms with Gasteiger partial charge in [0.1, 0.15) is 0 Å². The van der Waals surface area contributed by atoms with E-state index >= 15 is 0 Å². The summed E-state index contributed by atoms with van der Waals surface area (Å²) in [5.74, 6) is -0.0143. The minimum absolute atomic E-state index is 0.0454. The zero-order valence-corrected chi connectivity index (χ0v) is 19.1. The first-order valence-corrected chi connectivity index (χ1v) is 12.0. The van der Waals surface area contributed by atoms with Crippen LogP contribution in [0.25, 0.3) is 0 Å². The van der Waals surface area contributed by atoms with Crippen molar-refractivity contribution in [3.05, 3.63) is 10.6 Å². The standard InChI is InChI=1S/C21H29F6N3O2S/c22-20(23,24)9-5-18(31)28-15-3-1-14(2-4-15)6-10-30-11-7-16-17(8-12-30)33-19(29-16)32-13-21(25,26)27/h14-15H,1-13H2,(H,28,31). The normalized spacial score (nSPS) is 22.5. The number of carbonyl (C=O) groups excluding carboxylic acids is 1. The second-order valence-corrected chi connectivity index (χ2v) is 9.83. The molecule has 1 aromatic heterocycles. The SMILES string of the molecule is O=C(CCC(F)(F)F)NC1CCC(CCN2CCc3nc(OCC(F)(F)F)sc3CC2)CC1. The maximum atomic E-state index is 12.3. The molecule has 2 aliphatic rings. The summed E-state index contributed by atoms with van der Waals surface area (Å²) in [5.41, 5.74) is 0.821. The minimum atomic E-state index is -4.38. The summed E-state index contributed by atoms with van der Waals surface area (Å²) in [4.78, 5) is 19.3. The van der Waals surface area contributed by atoms with Crippen molar-refractivity contribution in [2.45, 2.75) is 76.2 Å². The topological polar surface area (TPSA) is 54.5 Å². The number of hydrogen-bond donors (Lipinski definition) is 1. The number of fused-ring (bicyclic) bond motifs is 1. The Morgan fingerprint density at radius 1 is 1.06 bits per heavy atom. The van der Waals surface area contributed by atoms with Gasteiger partial charge in [0.25, 0.3) is 5.19 Å². The van der Waals surface area contributed by atoms with E-state index in [-0.39, 0.29) is 11.2 Å². The molecule has 0 radical (unpaired) electrons. The maximum Gasteiger partial charge on any atom is 0.422 e. The van der Waals surface area contributed by atoms with Crippen molar-refractivity contribution in [3.63, 3.8) is 0 Å². The summed E-state index contributed by atoms with van der Waals surface area (Å²) in [6.45, 7) is 1.20. The number of rotatable bonds is 8. The van der Waals surface area contributed by atoms with Crippen LogP contribution < -0.4 is 10.1 Å². The van der Waals surface area contributed by atoms with Gasteiger partial charge in [-0.3, -0.25) is 4.79 Å². The van der Waals surface area contributed by atoms with Crippen molar-refractivity contribution in [2.75, 3.05) is 26.2 Å². The van der Waals surface area contributed by atoms with E-state index < -0.39 is 37.7 Å². The van der Waals surface area contributed by atoms with Crippen molar-refractivity contribution >= 4 is 17.2 Å². The Kier molecular flexibility index (Phi) is 8.88. The molecule has 1 N–H and O–H groups in total. The van der Waals surface area contributed by atoms with Crippen LogP contribution in [-0.2, 0) is 17.6 Å². The fourth-order valence-corrected chi connectivity index (χ4v) is 5.27. The highest BCUT2D eigenvalue weighted by Gasteiger charge is 2.30. The average molecular weight is 502 g/mol. The van der Waals surface area contributed by atoms with E-state index in [1.54, 1.807) is 0 Å². The second kappa shape index (κ2) is 11.2. The van der Waals surface area contributed by atoms with Crippen LogP contribution in [0.3, 0.4) is 0 Å². The molecule has 12 heteroatoms. The van der Waals surface area contributed by atoms with Crippen LogP contribution in [0.15, 0.2) is 0 Å². The number of amides is 1. The Hall–Kier alpha value is -1.56. The third kappa shape index (κ3) is 9.30. The molecule has 33 heavy (non-hydrogen) atoms. The molecule has 0 aromatic carbocycles. The molecule has 1 aliphatic carbocycles. The van der Waals surface area contributed by atoms with Crippen LogP contribution in [0.5, 0.6) is 5.19 Å².